The molecule has 0 fully saturated rings. The normalized spacial score (nSPS) is 15.7. The first-order valence-electron chi connectivity index (χ1n) is 4.88. The van der Waals surface area contributed by atoms with Gasteiger partial charge in [0.1, 0.15) is 5.75 Å². The van der Waals surface area contributed by atoms with Gasteiger partial charge in [-0.3, -0.25) is 0 Å². The number of aromatic hydroxyl groups is 1. The largest absolute Gasteiger partial charge is 0.508 e. The van der Waals surface area contributed by atoms with Crippen molar-refractivity contribution < 1.29 is 5.11 Å². The number of nitrogens with one attached hydrogen (secondary N) is 1. The minimum Gasteiger partial charge on any atom is -0.508 e. The van der Waals surface area contributed by atoms with Crippen LogP contribution < -0.4 is 0 Å². The van der Waals surface area contributed by atoms with Gasteiger partial charge in [-0.2, -0.15) is 0 Å². The van der Waals surface area contributed by atoms with Crippen LogP contribution in [0.25, 0.3) is 10.9 Å². The Labute approximate surface area is 82.6 Å². The van der Waals surface area contributed by atoms with Gasteiger partial charge < -0.3 is 10.1 Å². The highest BCUT2D eigenvalue weighted by atomic mass is 16.3. The number of aryl methyl sites for hydroxylation is 1. The van der Waals surface area contributed by atoms with E-state index in [1.807, 2.05) is 6.07 Å². The van der Waals surface area contributed by atoms with Gasteiger partial charge in [0.25, 0.3) is 0 Å². The van der Waals surface area contributed by atoms with Gasteiger partial charge in [-0.1, -0.05) is 0 Å². The number of hydrogen-bond donors (Lipinski definition) is 2. The average molecular weight is 185 g/mol. The molecule has 1 aliphatic rings. The molecule has 0 bridgehead atoms. The van der Waals surface area contributed by atoms with E-state index in [-0.39, 0.29) is 0 Å². The first-order valence-corrected chi connectivity index (χ1v) is 4.88. The molecule has 0 atom stereocenters. The molecule has 0 amide bonds. The molecule has 14 heavy (non-hydrogen) atoms. The van der Waals surface area contributed by atoms with Gasteiger partial charge in [0.15, 0.2) is 0 Å². The Morgan fingerprint density at radius 2 is 2.29 bits per heavy atom. The molecule has 0 saturated heterocycles. The highest BCUT2D eigenvalue weighted by molar-refractivity contribution is 5.86. The Kier molecular flexibility index (Phi) is 1.57. The van der Waals surface area contributed by atoms with E-state index < -0.39 is 0 Å². The Morgan fingerprint density at radius 1 is 1.36 bits per heavy atom. The van der Waals surface area contributed by atoms with Crippen molar-refractivity contribution >= 4 is 10.9 Å². The van der Waals surface area contributed by atoms with Crippen LogP contribution in [0.5, 0.6) is 5.75 Å². The smallest absolute Gasteiger partial charge is 0.117 e. The SMILES string of the molecule is Oc1ccc2c3c([nH]c2c1)CC[C]C3. The fraction of sp³-hybridized carbons (Fsp3) is 0.250. The summed E-state index contributed by atoms with van der Waals surface area (Å²) in [6, 6.07) is 5.51. The molecule has 1 aliphatic carbocycles. The Balaban J connectivity index is 2.31. The lowest BCUT2D eigenvalue weighted by atomic mass is 9.96. The zero-order valence-electron chi connectivity index (χ0n) is 7.80. The molecule has 2 N–H and O–H groups in total. The fourth-order valence-corrected chi connectivity index (χ4v) is 2.14. The molecule has 0 spiro atoms. The van der Waals surface area contributed by atoms with Crippen LogP contribution in [-0.2, 0) is 12.8 Å². The van der Waals surface area contributed by atoms with Crippen LogP contribution in [-0.4, -0.2) is 10.1 Å². The zero-order valence-corrected chi connectivity index (χ0v) is 7.80. The topological polar surface area (TPSA) is 36.0 Å². The van der Waals surface area contributed by atoms with Crippen LogP contribution >= 0.6 is 0 Å². The number of phenolic OH excluding ortho intramolecular Hbond substituents is 1. The maximum Gasteiger partial charge on any atom is 0.117 e. The molecule has 1 aromatic heterocycles. The Bertz CT molecular complexity index is 484. The van der Waals surface area contributed by atoms with E-state index in [1.54, 1.807) is 12.1 Å². The molecule has 0 aliphatic heterocycles. The van der Waals surface area contributed by atoms with E-state index in [0.29, 0.717) is 5.75 Å². The fourth-order valence-electron chi connectivity index (χ4n) is 2.14. The third-order valence-corrected chi connectivity index (χ3v) is 2.83. The van der Waals surface area contributed by atoms with Gasteiger partial charge in [0, 0.05) is 22.7 Å². The van der Waals surface area contributed by atoms with Crippen molar-refractivity contribution in [3.05, 3.63) is 35.9 Å². The lowest BCUT2D eigenvalue weighted by molar-refractivity contribution is 0.476. The van der Waals surface area contributed by atoms with Gasteiger partial charge >= 0.3 is 0 Å². The molecular formula is C12H11NO. The number of aromatic nitrogens is 1. The summed E-state index contributed by atoms with van der Waals surface area (Å²) < 4.78 is 0. The van der Waals surface area contributed by atoms with Gasteiger partial charge in [0.05, 0.1) is 0 Å². The predicted molar refractivity (Wildman–Crippen MR) is 55.2 cm³/mol. The van der Waals surface area contributed by atoms with Gasteiger partial charge in [-0.25, -0.2) is 0 Å². The van der Waals surface area contributed by atoms with Crippen molar-refractivity contribution in [2.45, 2.75) is 19.3 Å². The molecule has 2 radical (unpaired) electrons. The summed E-state index contributed by atoms with van der Waals surface area (Å²) in [6.45, 7) is 0. The highest BCUT2D eigenvalue weighted by Gasteiger charge is 2.15. The van der Waals surface area contributed by atoms with Crippen LogP contribution in [0, 0.1) is 6.42 Å². The zero-order chi connectivity index (χ0) is 9.54. The van der Waals surface area contributed by atoms with Crippen LogP contribution in [0.1, 0.15) is 17.7 Å². The summed E-state index contributed by atoms with van der Waals surface area (Å²) in [5, 5.41) is 10.6. The second kappa shape index (κ2) is 2.77. The third kappa shape index (κ3) is 1.03. The van der Waals surface area contributed by atoms with Crippen LogP contribution in [0.15, 0.2) is 18.2 Å². The monoisotopic (exact) mass is 185 g/mol. The number of benzene rings is 1. The summed E-state index contributed by atoms with van der Waals surface area (Å²) in [5.74, 6) is 0.323. The molecule has 3 rings (SSSR count). The van der Waals surface area contributed by atoms with E-state index in [4.69, 9.17) is 0 Å². The van der Waals surface area contributed by atoms with Crippen molar-refractivity contribution in [2.24, 2.45) is 0 Å². The van der Waals surface area contributed by atoms with Gasteiger partial charge in [0.2, 0.25) is 0 Å². The molecule has 70 valence electrons. The molecule has 2 heteroatoms. The predicted octanol–water partition coefficient (Wildman–Crippen LogP) is 2.44. The lowest BCUT2D eigenvalue weighted by Gasteiger charge is -2.09. The quantitative estimate of drug-likeness (QED) is 0.649. The summed E-state index contributed by atoms with van der Waals surface area (Å²) >= 11 is 0. The van der Waals surface area contributed by atoms with E-state index >= 15 is 0 Å². The van der Waals surface area contributed by atoms with Crippen molar-refractivity contribution in [1.82, 2.24) is 4.98 Å². The first kappa shape index (κ1) is 7.92. The number of hydrogen-bond acceptors (Lipinski definition) is 1. The second-order valence-electron chi connectivity index (χ2n) is 3.74. The molecule has 1 heterocycles. The molecule has 0 unspecified atom stereocenters. The molecular weight excluding hydrogens is 174 g/mol. The van der Waals surface area contributed by atoms with Crippen molar-refractivity contribution in [1.29, 1.82) is 0 Å². The van der Waals surface area contributed by atoms with Gasteiger partial charge in [-0.05, 0) is 43.4 Å². The third-order valence-electron chi connectivity index (χ3n) is 2.83. The lowest BCUT2D eigenvalue weighted by Crippen LogP contribution is -2.00. The maximum atomic E-state index is 9.36. The van der Waals surface area contributed by atoms with E-state index in [0.717, 1.165) is 24.8 Å². The second-order valence-corrected chi connectivity index (χ2v) is 3.74. The minimum atomic E-state index is 0.323. The average Bonchev–Trinajstić information content (AvgIpc) is 2.54. The molecule has 2 aromatic rings. The highest BCUT2D eigenvalue weighted by Crippen LogP contribution is 2.30. The number of fused-ring (bicyclic) bond motifs is 3. The standard InChI is InChI=1S/C12H11NO/c14-8-5-6-10-9-3-1-2-4-11(9)13-12(10)7-8/h5-7,13-14H,2-4H2. The van der Waals surface area contributed by atoms with E-state index in [1.165, 1.54) is 16.6 Å². The van der Waals surface area contributed by atoms with Crippen LogP contribution in [0.3, 0.4) is 0 Å². The molecule has 2 nitrogen and oxygen atoms in total. The first-order chi connectivity index (χ1) is 6.84. The van der Waals surface area contributed by atoms with E-state index in [9.17, 15) is 5.11 Å². The Morgan fingerprint density at radius 3 is 3.21 bits per heavy atom. The number of phenols is 1. The van der Waals surface area contributed by atoms with Gasteiger partial charge in [-0.15, -0.1) is 0 Å². The van der Waals surface area contributed by atoms with E-state index in [2.05, 4.69) is 11.4 Å². The number of rotatable bonds is 0. The number of aromatic amines is 1. The maximum absolute atomic E-state index is 9.36. The summed E-state index contributed by atoms with van der Waals surface area (Å²) in [6.07, 6.45) is 6.36. The number of H-pyrrole nitrogens is 1. The van der Waals surface area contributed by atoms with Crippen LogP contribution in [0.2, 0.25) is 0 Å². The summed E-state index contributed by atoms with van der Waals surface area (Å²) in [7, 11) is 0. The molecule has 0 saturated carbocycles. The minimum absolute atomic E-state index is 0.323. The summed E-state index contributed by atoms with van der Waals surface area (Å²) in [4.78, 5) is 3.36. The van der Waals surface area contributed by atoms with Crippen molar-refractivity contribution in [2.75, 3.05) is 0 Å². The summed E-state index contributed by atoms with van der Waals surface area (Å²) in [5.41, 5.74) is 3.70. The molecule has 1 aromatic carbocycles. The Hall–Kier alpha value is -1.44. The van der Waals surface area contributed by atoms with Crippen molar-refractivity contribution in [3.63, 3.8) is 0 Å². The van der Waals surface area contributed by atoms with Crippen molar-refractivity contribution in [3.8, 4) is 5.75 Å². The van der Waals surface area contributed by atoms with Crippen LogP contribution in [0.4, 0.5) is 0 Å².